The third kappa shape index (κ3) is 2.36. The zero-order valence-electron chi connectivity index (χ0n) is 8.90. The molecule has 1 aliphatic rings. The number of aliphatic hydroxyl groups excluding tert-OH is 1. The van der Waals surface area contributed by atoms with Crippen molar-refractivity contribution >= 4 is 17.5 Å². The van der Waals surface area contributed by atoms with Crippen LogP contribution in [0.15, 0.2) is 24.3 Å². The number of carbonyl (C=O) groups is 1. The highest BCUT2D eigenvalue weighted by atomic mass is 35.5. The van der Waals surface area contributed by atoms with E-state index in [0.717, 1.165) is 13.0 Å². The van der Waals surface area contributed by atoms with Gasteiger partial charge in [0.05, 0.1) is 12.6 Å². The van der Waals surface area contributed by atoms with Crippen LogP contribution in [0, 0.1) is 0 Å². The van der Waals surface area contributed by atoms with Crippen molar-refractivity contribution in [2.75, 3.05) is 13.1 Å². The molecule has 0 aromatic heterocycles. The van der Waals surface area contributed by atoms with Crippen LogP contribution < -0.4 is 0 Å². The predicted octanol–water partition coefficient (Wildman–Crippen LogP) is 2.00. The minimum absolute atomic E-state index is 0.117. The van der Waals surface area contributed by atoms with Crippen molar-refractivity contribution in [2.24, 2.45) is 0 Å². The van der Waals surface area contributed by atoms with Gasteiger partial charge in [0.25, 0.3) is 0 Å². The van der Waals surface area contributed by atoms with Gasteiger partial charge in [0.15, 0.2) is 0 Å². The normalized spacial score (nSPS) is 17.9. The molecule has 1 aromatic carbocycles. The Morgan fingerprint density at radius 3 is 2.81 bits per heavy atom. The van der Waals surface area contributed by atoms with Crippen LogP contribution in [-0.4, -0.2) is 29.0 Å². The molecule has 0 spiro atoms. The van der Waals surface area contributed by atoms with Crippen LogP contribution in [0.25, 0.3) is 0 Å². The molecular weight excluding hydrogens is 226 g/mol. The molecule has 2 rings (SSSR count). The predicted molar refractivity (Wildman–Crippen MR) is 62.2 cm³/mol. The SMILES string of the molecule is O=C1CCCN1CC(O)c1ccccc1Cl. The lowest BCUT2D eigenvalue weighted by atomic mass is 10.1. The third-order valence-electron chi connectivity index (χ3n) is 2.83. The van der Waals surface area contributed by atoms with Gasteiger partial charge < -0.3 is 10.0 Å². The summed E-state index contributed by atoms with van der Waals surface area (Å²) in [5.41, 5.74) is 0.684. The number of rotatable bonds is 3. The average molecular weight is 240 g/mol. The number of hydrogen-bond acceptors (Lipinski definition) is 2. The molecule has 1 unspecified atom stereocenters. The van der Waals surface area contributed by atoms with Gasteiger partial charge in [-0.1, -0.05) is 29.8 Å². The average Bonchev–Trinajstić information content (AvgIpc) is 2.65. The van der Waals surface area contributed by atoms with Gasteiger partial charge >= 0.3 is 0 Å². The molecule has 16 heavy (non-hydrogen) atoms. The highest BCUT2D eigenvalue weighted by Gasteiger charge is 2.23. The zero-order chi connectivity index (χ0) is 11.5. The van der Waals surface area contributed by atoms with Crippen molar-refractivity contribution in [1.29, 1.82) is 0 Å². The molecular formula is C12H14ClNO2. The summed E-state index contributed by atoms with van der Waals surface area (Å²) >= 11 is 5.98. The molecule has 1 atom stereocenters. The Bertz CT molecular complexity index is 394. The standard InChI is InChI=1S/C12H14ClNO2/c13-10-5-2-1-4-9(10)11(15)8-14-7-3-6-12(14)16/h1-2,4-5,11,15H,3,6-8H2. The smallest absolute Gasteiger partial charge is 0.222 e. The van der Waals surface area contributed by atoms with Crippen molar-refractivity contribution in [3.8, 4) is 0 Å². The van der Waals surface area contributed by atoms with Gasteiger partial charge in [-0.2, -0.15) is 0 Å². The highest BCUT2D eigenvalue weighted by Crippen LogP contribution is 2.24. The number of amides is 1. The van der Waals surface area contributed by atoms with Crippen molar-refractivity contribution in [1.82, 2.24) is 4.90 Å². The molecule has 1 aliphatic heterocycles. The lowest BCUT2D eigenvalue weighted by molar-refractivity contribution is -0.128. The second kappa shape index (κ2) is 4.85. The molecule has 0 aliphatic carbocycles. The summed E-state index contributed by atoms with van der Waals surface area (Å²) in [5.74, 6) is 0.117. The number of aliphatic hydroxyl groups is 1. The minimum atomic E-state index is -0.698. The molecule has 1 aromatic rings. The molecule has 86 valence electrons. The molecule has 1 saturated heterocycles. The maximum atomic E-state index is 11.4. The summed E-state index contributed by atoms with van der Waals surface area (Å²) in [6, 6.07) is 7.18. The van der Waals surface area contributed by atoms with Gasteiger partial charge in [0.1, 0.15) is 0 Å². The number of halogens is 1. The van der Waals surface area contributed by atoms with Crippen molar-refractivity contribution < 1.29 is 9.90 Å². The van der Waals surface area contributed by atoms with Gasteiger partial charge in [-0.05, 0) is 12.5 Å². The van der Waals surface area contributed by atoms with Crippen LogP contribution in [0.5, 0.6) is 0 Å². The maximum absolute atomic E-state index is 11.4. The Labute approximate surface area is 99.6 Å². The molecule has 1 amide bonds. The fraction of sp³-hybridized carbons (Fsp3) is 0.417. The number of likely N-dealkylation sites (tertiary alicyclic amines) is 1. The van der Waals surface area contributed by atoms with Gasteiger partial charge in [-0.15, -0.1) is 0 Å². The van der Waals surface area contributed by atoms with E-state index in [0.29, 0.717) is 23.6 Å². The first kappa shape index (κ1) is 11.4. The highest BCUT2D eigenvalue weighted by molar-refractivity contribution is 6.31. The van der Waals surface area contributed by atoms with Gasteiger partial charge in [0, 0.05) is 23.6 Å². The Hall–Kier alpha value is -1.06. The maximum Gasteiger partial charge on any atom is 0.222 e. The van der Waals surface area contributed by atoms with Crippen LogP contribution in [-0.2, 0) is 4.79 Å². The Balaban J connectivity index is 2.05. The largest absolute Gasteiger partial charge is 0.387 e. The first-order valence-electron chi connectivity index (χ1n) is 5.39. The second-order valence-corrected chi connectivity index (χ2v) is 4.39. The molecule has 1 fully saturated rings. The van der Waals surface area contributed by atoms with Gasteiger partial charge in [0.2, 0.25) is 5.91 Å². The first-order chi connectivity index (χ1) is 7.68. The van der Waals surface area contributed by atoms with E-state index >= 15 is 0 Å². The zero-order valence-corrected chi connectivity index (χ0v) is 9.65. The Morgan fingerprint density at radius 1 is 1.44 bits per heavy atom. The molecule has 1 N–H and O–H groups in total. The monoisotopic (exact) mass is 239 g/mol. The Kier molecular flexibility index (Phi) is 3.46. The van der Waals surface area contributed by atoms with E-state index in [-0.39, 0.29) is 5.91 Å². The van der Waals surface area contributed by atoms with Crippen LogP contribution in [0.1, 0.15) is 24.5 Å². The van der Waals surface area contributed by atoms with Gasteiger partial charge in [-0.25, -0.2) is 0 Å². The van der Waals surface area contributed by atoms with E-state index in [2.05, 4.69) is 0 Å². The van der Waals surface area contributed by atoms with Crippen molar-refractivity contribution in [2.45, 2.75) is 18.9 Å². The summed E-state index contributed by atoms with van der Waals surface area (Å²) in [6.07, 6.45) is 0.777. The molecule has 0 saturated carbocycles. The fourth-order valence-electron chi connectivity index (χ4n) is 1.95. The molecule has 4 heteroatoms. The molecule has 0 radical (unpaired) electrons. The van der Waals surface area contributed by atoms with Crippen LogP contribution >= 0.6 is 11.6 Å². The number of hydrogen-bond donors (Lipinski definition) is 1. The summed E-state index contributed by atoms with van der Waals surface area (Å²) in [5, 5.41) is 10.5. The first-order valence-corrected chi connectivity index (χ1v) is 5.76. The number of benzene rings is 1. The topological polar surface area (TPSA) is 40.5 Å². The summed E-state index contributed by atoms with van der Waals surface area (Å²) in [7, 11) is 0. The van der Waals surface area contributed by atoms with E-state index < -0.39 is 6.10 Å². The van der Waals surface area contributed by atoms with Crippen LogP contribution in [0.4, 0.5) is 0 Å². The van der Waals surface area contributed by atoms with Gasteiger partial charge in [-0.3, -0.25) is 4.79 Å². The van der Waals surface area contributed by atoms with Crippen LogP contribution in [0.2, 0.25) is 5.02 Å². The molecule has 1 heterocycles. The number of nitrogens with zero attached hydrogens (tertiary/aromatic N) is 1. The molecule has 0 bridgehead atoms. The lowest BCUT2D eigenvalue weighted by Gasteiger charge is -2.20. The quantitative estimate of drug-likeness (QED) is 0.877. The van der Waals surface area contributed by atoms with E-state index in [9.17, 15) is 9.90 Å². The summed E-state index contributed by atoms with van der Waals surface area (Å²) in [4.78, 5) is 13.1. The van der Waals surface area contributed by atoms with E-state index in [1.807, 2.05) is 12.1 Å². The summed E-state index contributed by atoms with van der Waals surface area (Å²) < 4.78 is 0. The van der Waals surface area contributed by atoms with E-state index in [1.165, 1.54) is 0 Å². The van der Waals surface area contributed by atoms with E-state index in [1.54, 1.807) is 17.0 Å². The fourth-order valence-corrected chi connectivity index (χ4v) is 2.21. The third-order valence-corrected chi connectivity index (χ3v) is 3.17. The minimum Gasteiger partial charge on any atom is -0.387 e. The van der Waals surface area contributed by atoms with Crippen LogP contribution in [0.3, 0.4) is 0 Å². The summed E-state index contributed by atoms with van der Waals surface area (Å²) in [6.45, 7) is 1.07. The number of carbonyl (C=O) groups excluding carboxylic acids is 1. The van der Waals surface area contributed by atoms with Crippen molar-refractivity contribution in [3.63, 3.8) is 0 Å². The Morgan fingerprint density at radius 2 is 2.19 bits per heavy atom. The number of β-amino-alcohol motifs (C(OH)–C–C–N with tert-alkyl or cyclic N) is 1. The van der Waals surface area contributed by atoms with Crippen molar-refractivity contribution in [3.05, 3.63) is 34.9 Å². The molecule has 3 nitrogen and oxygen atoms in total. The second-order valence-electron chi connectivity index (χ2n) is 3.98. The van der Waals surface area contributed by atoms with E-state index in [4.69, 9.17) is 11.6 Å². The lowest BCUT2D eigenvalue weighted by Crippen LogP contribution is -2.29.